The number of fused-ring (bicyclic) bond motifs is 1. The largest absolute Gasteiger partial charge is 0.455 e. The minimum Gasteiger partial charge on any atom is -0.455 e. The number of rotatable bonds is 5. The second-order valence-electron chi connectivity index (χ2n) is 8.32. The molecule has 0 atom stereocenters. The third-order valence-electron chi connectivity index (χ3n) is 5.97. The predicted molar refractivity (Wildman–Crippen MR) is 126 cm³/mol. The smallest absolute Gasteiger partial charge is 0.256 e. The molecule has 3 aromatic rings. The lowest BCUT2D eigenvalue weighted by molar-refractivity contribution is -0.110. The summed E-state index contributed by atoms with van der Waals surface area (Å²) in [5.41, 5.74) is 2.66. The molecule has 2 aromatic heterocycles. The standard InChI is InChI=1S/C24H24ClN5O2/c1-30-8-6-15(7-9-30)12-27-23-14-26-13-21(28-23)22-5-3-17(32-22)11-19-18-10-16(25)2-4-20(18)29-24(19)31/h2-5,10-11,13-15H,6-9,12H2,1H3,(H,27,28)(H,29,31)/b19-11+. The fourth-order valence-corrected chi connectivity index (χ4v) is 4.27. The second-order valence-corrected chi connectivity index (χ2v) is 8.76. The molecule has 2 aliphatic rings. The Hall–Kier alpha value is -3.16. The Bertz CT molecular complexity index is 1180. The number of furan rings is 1. The van der Waals surface area contributed by atoms with Crippen molar-refractivity contribution in [2.75, 3.05) is 37.3 Å². The lowest BCUT2D eigenvalue weighted by Crippen LogP contribution is -2.33. The third kappa shape index (κ3) is 4.40. The minimum atomic E-state index is -0.180. The van der Waals surface area contributed by atoms with Crippen molar-refractivity contribution in [3.63, 3.8) is 0 Å². The molecular formula is C24H24ClN5O2. The van der Waals surface area contributed by atoms with Crippen molar-refractivity contribution in [1.29, 1.82) is 0 Å². The number of halogens is 1. The van der Waals surface area contributed by atoms with Crippen molar-refractivity contribution in [3.8, 4) is 11.5 Å². The number of benzene rings is 1. The number of anilines is 2. The average molecular weight is 450 g/mol. The summed E-state index contributed by atoms with van der Waals surface area (Å²) in [7, 11) is 2.17. The summed E-state index contributed by atoms with van der Waals surface area (Å²) in [4.78, 5) is 23.7. The summed E-state index contributed by atoms with van der Waals surface area (Å²) in [6.07, 6.45) is 7.50. The molecule has 0 spiro atoms. The highest BCUT2D eigenvalue weighted by Crippen LogP contribution is 2.35. The van der Waals surface area contributed by atoms with Gasteiger partial charge in [-0.15, -0.1) is 0 Å². The topological polar surface area (TPSA) is 83.3 Å². The van der Waals surface area contributed by atoms with Gasteiger partial charge < -0.3 is 20.0 Å². The van der Waals surface area contributed by atoms with E-state index in [0.717, 1.165) is 36.7 Å². The molecule has 5 rings (SSSR count). The van der Waals surface area contributed by atoms with Crippen LogP contribution in [0.25, 0.3) is 23.1 Å². The molecule has 1 aromatic carbocycles. The van der Waals surface area contributed by atoms with E-state index >= 15 is 0 Å². The molecule has 0 saturated carbocycles. The van der Waals surface area contributed by atoms with Crippen LogP contribution < -0.4 is 10.6 Å². The van der Waals surface area contributed by atoms with Gasteiger partial charge in [0.2, 0.25) is 0 Å². The van der Waals surface area contributed by atoms with E-state index in [1.54, 1.807) is 36.7 Å². The van der Waals surface area contributed by atoms with Crippen LogP contribution in [0.3, 0.4) is 0 Å². The highest BCUT2D eigenvalue weighted by Gasteiger charge is 2.25. The van der Waals surface area contributed by atoms with Gasteiger partial charge in [0.05, 0.1) is 18.0 Å². The Balaban J connectivity index is 1.31. The van der Waals surface area contributed by atoms with Gasteiger partial charge in [-0.1, -0.05) is 11.6 Å². The minimum absolute atomic E-state index is 0.180. The number of nitrogens with zero attached hydrogens (tertiary/aromatic N) is 3. The van der Waals surface area contributed by atoms with Crippen LogP contribution in [-0.4, -0.2) is 47.5 Å². The van der Waals surface area contributed by atoms with Gasteiger partial charge in [-0.3, -0.25) is 9.78 Å². The number of hydrogen-bond acceptors (Lipinski definition) is 6. The third-order valence-corrected chi connectivity index (χ3v) is 6.21. The quantitative estimate of drug-likeness (QED) is 0.552. The van der Waals surface area contributed by atoms with Crippen molar-refractivity contribution in [3.05, 3.63) is 59.1 Å². The van der Waals surface area contributed by atoms with Crippen LogP contribution in [0.2, 0.25) is 5.02 Å². The Kier molecular flexibility index (Phi) is 5.68. The van der Waals surface area contributed by atoms with Crippen molar-refractivity contribution < 1.29 is 9.21 Å². The van der Waals surface area contributed by atoms with E-state index in [2.05, 4.69) is 32.5 Å². The van der Waals surface area contributed by atoms with Crippen molar-refractivity contribution >= 4 is 40.7 Å². The number of aromatic nitrogens is 2. The number of hydrogen-bond donors (Lipinski definition) is 2. The molecular weight excluding hydrogens is 426 g/mol. The molecule has 0 bridgehead atoms. The van der Waals surface area contributed by atoms with Gasteiger partial charge in [0.15, 0.2) is 5.76 Å². The maximum atomic E-state index is 12.4. The zero-order valence-corrected chi connectivity index (χ0v) is 18.5. The van der Waals surface area contributed by atoms with Gasteiger partial charge in [-0.25, -0.2) is 4.98 Å². The van der Waals surface area contributed by atoms with Crippen LogP contribution in [0.1, 0.15) is 24.2 Å². The zero-order valence-electron chi connectivity index (χ0n) is 17.8. The number of likely N-dealkylation sites (tertiary alicyclic amines) is 1. The van der Waals surface area contributed by atoms with Crippen LogP contribution in [-0.2, 0) is 4.79 Å². The Morgan fingerprint density at radius 3 is 2.94 bits per heavy atom. The molecule has 2 N–H and O–H groups in total. The van der Waals surface area contributed by atoms with Crippen molar-refractivity contribution in [1.82, 2.24) is 14.9 Å². The first-order valence-electron chi connectivity index (χ1n) is 10.7. The maximum Gasteiger partial charge on any atom is 0.256 e. The Labute approximate surface area is 191 Å². The van der Waals surface area contributed by atoms with E-state index in [1.165, 1.54) is 12.8 Å². The van der Waals surface area contributed by atoms with Gasteiger partial charge in [0, 0.05) is 22.8 Å². The molecule has 4 heterocycles. The number of carbonyl (C=O) groups excluding carboxylic acids is 1. The van der Waals surface area contributed by atoms with Crippen LogP contribution in [0.5, 0.6) is 0 Å². The highest BCUT2D eigenvalue weighted by atomic mass is 35.5. The van der Waals surface area contributed by atoms with Gasteiger partial charge in [0.1, 0.15) is 17.3 Å². The Morgan fingerprint density at radius 1 is 1.25 bits per heavy atom. The van der Waals surface area contributed by atoms with Gasteiger partial charge >= 0.3 is 0 Å². The van der Waals surface area contributed by atoms with Gasteiger partial charge in [-0.2, -0.15) is 0 Å². The number of carbonyl (C=O) groups is 1. The normalized spacial score (nSPS) is 18.1. The molecule has 164 valence electrons. The molecule has 32 heavy (non-hydrogen) atoms. The number of piperidine rings is 1. The first-order chi connectivity index (χ1) is 15.5. The molecule has 7 nitrogen and oxygen atoms in total. The average Bonchev–Trinajstić information content (AvgIpc) is 3.39. The molecule has 1 saturated heterocycles. The highest BCUT2D eigenvalue weighted by molar-refractivity contribution is 6.36. The first-order valence-corrected chi connectivity index (χ1v) is 11.1. The zero-order chi connectivity index (χ0) is 22.1. The molecule has 8 heteroatoms. The van der Waals surface area contributed by atoms with Crippen LogP contribution in [0.15, 0.2) is 47.1 Å². The maximum absolute atomic E-state index is 12.4. The summed E-state index contributed by atoms with van der Waals surface area (Å²) < 4.78 is 5.96. The summed E-state index contributed by atoms with van der Waals surface area (Å²) in [5.74, 6) is 2.35. The molecule has 2 aliphatic heterocycles. The van der Waals surface area contributed by atoms with E-state index in [9.17, 15) is 4.79 Å². The van der Waals surface area contributed by atoms with Crippen molar-refractivity contribution in [2.45, 2.75) is 12.8 Å². The van der Waals surface area contributed by atoms with Gasteiger partial charge in [-0.05, 0) is 75.3 Å². The van der Waals surface area contributed by atoms with Crippen LogP contribution >= 0.6 is 11.6 Å². The first kappa shape index (κ1) is 20.7. The molecule has 1 fully saturated rings. The predicted octanol–water partition coefficient (Wildman–Crippen LogP) is 4.64. The summed E-state index contributed by atoms with van der Waals surface area (Å²) in [6.45, 7) is 3.16. The fraction of sp³-hybridized carbons (Fsp3) is 0.292. The van der Waals surface area contributed by atoms with Crippen molar-refractivity contribution in [2.24, 2.45) is 5.92 Å². The SMILES string of the molecule is CN1CCC(CNc2cncc(-c3ccc(/C=C4/C(=O)Nc5ccc(Cl)cc54)o3)n2)CC1. The van der Waals surface area contributed by atoms with E-state index in [-0.39, 0.29) is 5.91 Å². The molecule has 0 unspecified atom stereocenters. The summed E-state index contributed by atoms with van der Waals surface area (Å²) >= 11 is 6.11. The van der Waals surface area contributed by atoms with E-state index < -0.39 is 0 Å². The van der Waals surface area contributed by atoms with E-state index in [1.807, 2.05) is 12.1 Å². The van der Waals surface area contributed by atoms with Crippen LogP contribution in [0.4, 0.5) is 11.5 Å². The molecule has 0 aliphatic carbocycles. The second kappa shape index (κ2) is 8.76. The summed E-state index contributed by atoms with van der Waals surface area (Å²) in [5, 5.41) is 6.83. The molecule has 0 radical (unpaired) electrons. The lowest BCUT2D eigenvalue weighted by Gasteiger charge is -2.29. The monoisotopic (exact) mass is 449 g/mol. The fourth-order valence-electron chi connectivity index (χ4n) is 4.10. The summed E-state index contributed by atoms with van der Waals surface area (Å²) in [6, 6.07) is 8.97. The van der Waals surface area contributed by atoms with E-state index in [0.29, 0.717) is 33.7 Å². The number of amides is 1. The van der Waals surface area contributed by atoms with Gasteiger partial charge in [0.25, 0.3) is 5.91 Å². The van der Waals surface area contributed by atoms with Crippen LogP contribution in [0, 0.1) is 5.92 Å². The number of nitrogens with one attached hydrogen (secondary N) is 2. The lowest BCUT2D eigenvalue weighted by atomic mass is 9.97. The Morgan fingerprint density at radius 2 is 2.09 bits per heavy atom. The molecule has 1 amide bonds. The van der Waals surface area contributed by atoms with E-state index in [4.69, 9.17) is 16.0 Å².